The normalized spacial score (nSPS) is 11.7. The highest BCUT2D eigenvalue weighted by molar-refractivity contribution is 8.00. The molecule has 0 aliphatic heterocycles. The van der Waals surface area contributed by atoms with Crippen molar-refractivity contribution >= 4 is 58.5 Å². The first-order valence-corrected chi connectivity index (χ1v) is 17.1. The van der Waals surface area contributed by atoms with E-state index in [9.17, 15) is 14.4 Å². The fraction of sp³-hybridized carbons (Fsp3) is 0.0238. The van der Waals surface area contributed by atoms with E-state index >= 15 is 0 Å². The van der Waals surface area contributed by atoms with Crippen LogP contribution in [0.2, 0.25) is 5.02 Å². The molecule has 246 valence electrons. The zero-order chi connectivity index (χ0) is 34.7. The van der Waals surface area contributed by atoms with E-state index in [0.717, 1.165) is 27.1 Å². The van der Waals surface area contributed by atoms with E-state index in [1.807, 2.05) is 103 Å². The first-order valence-electron chi connectivity index (χ1n) is 15.8. The molecule has 0 fully saturated rings. The molecule has 6 rings (SSSR count). The van der Waals surface area contributed by atoms with Crippen LogP contribution in [0.3, 0.4) is 0 Å². The summed E-state index contributed by atoms with van der Waals surface area (Å²) in [6, 6.07) is 50.2. The van der Waals surface area contributed by atoms with Crippen molar-refractivity contribution in [3.05, 3.63) is 191 Å². The monoisotopic (exact) mass is 693 g/mol. The highest BCUT2D eigenvalue weighted by atomic mass is 35.5. The number of carbonyl (C=O) groups excluding carboxylic acids is 3. The van der Waals surface area contributed by atoms with Crippen LogP contribution < -0.4 is 16.0 Å². The minimum absolute atomic E-state index is 0.0747. The number of hydrogen-bond acceptors (Lipinski definition) is 4. The van der Waals surface area contributed by atoms with Gasteiger partial charge in [0.15, 0.2) is 0 Å². The molecule has 0 aliphatic carbocycles. The van der Waals surface area contributed by atoms with E-state index in [0.29, 0.717) is 22.0 Å². The number of halogens is 1. The molecule has 3 amide bonds. The predicted octanol–water partition coefficient (Wildman–Crippen LogP) is 9.89. The zero-order valence-electron chi connectivity index (χ0n) is 26.8. The largest absolute Gasteiger partial charge is 0.323 e. The summed E-state index contributed by atoms with van der Waals surface area (Å²) in [5.41, 5.74) is 5.17. The standard InChI is InChI=1S/C42H32ClN3O3S/c43-36-21-10-11-22-37(36)45-42(49)39(32-15-6-2-7-16-32)50-35-20-12-19-34(28-35)44-41(48)38(46-40(47)33-17-8-3-9-18-33)27-29-23-25-31(26-24-29)30-13-4-1-5-14-30/h1-28,39H,(H,44,48)(H,45,49)(H,46,47)/b38-27+. The summed E-state index contributed by atoms with van der Waals surface area (Å²) in [6.45, 7) is 0. The number of rotatable bonds is 11. The Hall–Kier alpha value is -5.89. The van der Waals surface area contributed by atoms with E-state index in [1.54, 1.807) is 66.7 Å². The van der Waals surface area contributed by atoms with Gasteiger partial charge in [0.2, 0.25) is 5.91 Å². The lowest BCUT2D eigenvalue weighted by Gasteiger charge is -2.18. The Morgan fingerprint density at radius 2 is 1.24 bits per heavy atom. The summed E-state index contributed by atoms with van der Waals surface area (Å²) in [5, 5.41) is 8.51. The highest BCUT2D eigenvalue weighted by Gasteiger charge is 2.23. The number of amides is 3. The van der Waals surface area contributed by atoms with Gasteiger partial charge in [0.1, 0.15) is 10.9 Å². The Morgan fingerprint density at radius 3 is 1.94 bits per heavy atom. The van der Waals surface area contributed by atoms with Crippen LogP contribution in [-0.2, 0) is 9.59 Å². The van der Waals surface area contributed by atoms with Crippen LogP contribution in [0.1, 0.15) is 26.7 Å². The molecule has 0 aromatic heterocycles. The topological polar surface area (TPSA) is 87.3 Å². The van der Waals surface area contributed by atoms with E-state index in [2.05, 4.69) is 16.0 Å². The van der Waals surface area contributed by atoms with Gasteiger partial charge in [-0.3, -0.25) is 14.4 Å². The Bertz CT molecular complexity index is 2120. The molecule has 0 heterocycles. The van der Waals surface area contributed by atoms with Crippen LogP contribution in [0.4, 0.5) is 11.4 Å². The average molecular weight is 694 g/mol. The fourth-order valence-corrected chi connectivity index (χ4v) is 6.42. The van der Waals surface area contributed by atoms with Crippen LogP contribution in [0, 0.1) is 0 Å². The summed E-state index contributed by atoms with van der Waals surface area (Å²) in [6.07, 6.45) is 1.65. The quantitative estimate of drug-likeness (QED) is 0.0931. The molecular weight excluding hydrogens is 662 g/mol. The van der Waals surface area contributed by atoms with Crippen molar-refractivity contribution in [3.63, 3.8) is 0 Å². The van der Waals surface area contributed by atoms with Crippen molar-refractivity contribution < 1.29 is 14.4 Å². The SMILES string of the molecule is O=C(Nc1cccc(SC(C(=O)Nc2ccccc2Cl)c2ccccc2)c1)/C(=C\c1ccc(-c2ccccc2)cc1)NC(=O)c1ccccc1. The summed E-state index contributed by atoms with van der Waals surface area (Å²) >= 11 is 7.67. The van der Waals surface area contributed by atoms with Gasteiger partial charge in [0, 0.05) is 16.1 Å². The number of anilines is 2. The zero-order valence-corrected chi connectivity index (χ0v) is 28.3. The number of carbonyl (C=O) groups is 3. The highest BCUT2D eigenvalue weighted by Crippen LogP contribution is 2.38. The van der Waals surface area contributed by atoms with Crippen molar-refractivity contribution in [2.24, 2.45) is 0 Å². The third kappa shape index (κ3) is 8.96. The predicted molar refractivity (Wildman–Crippen MR) is 204 cm³/mol. The maximum atomic E-state index is 13.8. The summed E-state index contributed by atoms with van der Waals surface area (Å²) in [7, 11) is 0. The number of hydrogen-bond donors (Lipinski definition) is 3. The van der Waals surface area contributed by atoms with Crippen LogP contribution in [0.15, 0.2) is 174 Å². The molecule has 0 radical (unpaired) electrons. The summed E-state index contributed by atoms with van der Waals surface area (Å²) < 4.78 is 0. The van der Waals surface area contributed by atoms with E-state index in [1.165, 1.54) is 11.8 Å². The minimum atomic E-state index is -0.613. The van der Waals surface area contributed by atoms with Gasteiger partial charge in [-0.1, -0.05) is 133 Å². The molecule has 8 heteroatoms. The number of thioether (sulfide) groups is 1. The van der Waals surface area contributed by atoms with Gasteiger partial charge in [-0.25, -0.2) is 0 Å². The third-order valence-corrected chi connectivity index (χ3v) is 9.25. The molecule has 1 unspecified atom stereocenters. The van der Waals surface area contributed by atoms with Crippen LogP contribution in [-0.4, -0.2) is 17.7 Å². The lowest BCUT2D eigenvalue weighted by molar-refractivity contribution is -0.116. The lowest BCUT2D eigenvalue weighted by Crippen LogP contribution is -2.30. The molecule has 3 N–H and O–H groups in total. The van der Waals surface area contributed by atoms with Gasteiger partial charge in [-0.2, -0.15) is 0 Å². The van der Waals surface area contributed by atoms with Gasteiger partial charge >= 0.3 is 0 Å². The maximum absolute atomic E-state index is 13.8. The summed E-state index contributed by atoms with van der Waals surface area (Å²) in [5.74, 6) is -1.15. The number of benzene rings is 6. The van der Waals surface area contributed by atoms with E-state index in [-0.39, 0.29) is 11.6 Å². The Balaban J connectivity index is 1.24. The maximum Gasteiger partial charge on any atom is 0.272 e. The molecule has 0 aliphatic rings. The number of para-hydroxylation sites is 1. The molecular formula is C42H32ClN3O3S. The molecule has 6 nitrogen and oxygen atoms in total. The second-order valence-corrected chi connectivity index (χ2v) is 12.8. The van der Waals surface area contributed by atoms with E-state index in [4.69, 9.17) is 11.6 Å². The Labute approximate surface area is 300 Å². The fourth-order valence-electron chi connectivity index (χ4n) is 5.15. The first kappa shape index (κ1) is 34.0. The molecule has 0 saturated heterocycles. The van der Waals surface area contributed by atoms with Crippen molar-refractivity contribution in [1.29, 1.82) is 0 Å². The van der Waals surface area contributed by atoms with Gasteiger partial charge in [-0.15, -0.1) is 11.8 Å². The average Bonchev–Trinajstić information content (AvgIpc) is 3.16. The van der Waals surface area contributed by atoms with Crippen LogP contribution >= 0.6 is 23.4 Å². The summed E-state index contributed by atoms with van der Waals surface area (Å²) in [4.78, 5) is 41.3. The first-order chi connectivity index (χ1) is 24.4. The van der Waals surface area contributed by atoms with Crippen molar-refractivity contribution in [1.82, 2.24) is 5.32 Å². The Morgan fingerprint density at radius 1 is 0.620 bits per heavy atom. The number of nitrogens with one attached hydrogen (secondary N) is 3. The molecule has 0 spiro atoms. The van der Waals surface area contributed by atoms with Crippen molar-refractivity contribution in [2.45, 2.75) is 10.1 Å². The Kier molecular flexibility index (Phi) is 11.2. The van der Waals surface area contributed by atoms with Gasteiger partial charge < -0.3 is 16.0 Å². The molecule has 50 heavy (non-hydrogen) atoms. The molecule has 6 aromatic rings. The molecule has 6 aromatic carbocycles. The van der Waals surface area contributed by atoms with Crippen LogP contribution in [0.5, 0.6) is 0 Å². The van der Waals surface area contributed by atoms with Crippen molar-refractivity contribution in [2.75, 3.05) is 10.6 Å². The second kappa shape index (κ2) is 16.5. The molecule has 1 atom stereocenters. The van der Waals surface area contributed by atoms with Gasteiger partial charge in [0.05, 0.1) is 10.7 Å². The smallest absolute Gasteiger partial charge is 0.272 e. The second-order valence-electron chi connectivity index (χ2n) is 11.2. The minimum Gasteiger partial charge on any atom is -0.323 e. The van der Waals surface area contributed by atoms with Crippen molar-refractivity contribution in [3.8, 4) is 11.1 Å². The van der Waals surface area contributed by atoms with Crippen LogP contribution in [0.25, 0.3) is 17.2 Å². The van der Waals surface area contributed by atoms with E-state index < -0.39 is 17.1 Å². The molecule has 0 bridgehead atoms. The lowest BCUT2D eigenvalue weighted by atomic mass is 10.0. The third-order valence-electron chi connectivity index (χ3n) is 7.68. The molecule has 0 saturated carbocycles. The van der Waals surface area contributed by atoms with Gasteiger partial charge in [-0.05, 0) is 70.8 Å². The van der Waals surface area contributed by atoms with Gasteiger partial charge in [0.25, 0.3) is 11.8 Å².